The Morgan fingerprint density at radius 2 is 1.50 bits per heavy atom. The average Bonchev–Trinajstić information content (AvgIpc) is 3.03. The van der Waals surface area contributed by atoms with Crippen LogP contribution in [0.3, 0.4) is 0 Å². The number of phenols is 2. The third-order valence-corrected chi connectivity index (χ3v) is 4.99. The van der Waals surface area contributed by atoms with E-state index in [0.29, 0.717) is 22.4 Å². The molecule has 0 fully saturated rings. The maximum Gasteiger partial charge on any atom is 0.269 e. The Kier molecular flexibility index (Phi) is 5.34. The molecule has 0 spiro atoms. The van der Waals surface area contributed by atoms with Crippen LogP contribution in [0.5, 0.6) is 11.5 Å². The van der Waals surface area contributed by atoms with Crippen LogP contribution in [0.2, 0.25) is 0 Å². The Hall–Kier alpha value is -4.60. The summed E-state index contributed by atoms with van der Waals surface area (Å²) >= 11 is 0. The Bertz CT molecular complexity index is 1230. The van der Waals surface area contributed by atoms with E-state index in [1.165, 1.54) is 30.3 Å². The molecule has 0 unspecified atom stereocenters. The van der Waals surface area contributed by atoms with Gasteiger partial charge in [-0.05, 0) is 42.3 Å². The van der Waals surface area contributed by atoms with Crippen molar-refractivity contribution in [3.05, 3.63) is 87.5 Å². The molecule has 32 heavy (non-hydrogen) atoms. The first-order valence-electron chi connectivity index (χ1n) is 9.51. The molecule has 0 aliphatic carbocycles. The molecule has 3 aromatic rings. The zero-order chi connectivity index (χ0) is 22.8. The summed E-state index contributed by atoms with van der Waals surface area (Å²) in [7, 11) is 0. The number of nitro benzene ring substituents is 1. The molecule has 0 saturated heterocycles. The summed E-state index contributed by atoms with van der Waals surface area (Å²) in [6.07, 6.45) is 0.137. The van der Waals surface area contributed by atoms with Crippen LogP contribution in [0.15, 0.2) is 70.9 Å². The van der Waals surface area contributed by atoms with Gasteiger partial charge in [-0.15, -0.1) is 5.11 Å². The maximum atomic E-state index is 12.5. The van der Waals surface area contributed by atoms with Gasteiger partial charge in [0.2, 0.25) is 0 Å². The molecule has 4 rings (SSSR count). The Morgan fingerprint density at radius 1 is 0.875 bits per heavy atom. The Labute approximate surface area is 181 Å². The number of non-ortho nitro benzene ring substituents is 1. The molecule has 1 heterocycles. The van der Waals surface area contributed by atoms with E-state index in [-0.39, 0.29) is 35.8 Å². The van der Waals surface area contributed by atoms with Crippen molar-refractivity contribution in [2.45, 2.75) is 6.42 Å². The second-order valence-corrected chi connectivity index (χ2v) is 7.00. The molecule has 3 aromatic carbocycles. The van der Waals surface area contributed by atoms with Crippen LogP contribution >= 0.6 is 0 Å². The van der Waals surface area contributed by atoms with Crippen LogP contribution in [-0.2, 0) is 6.42 Å². The molecule has 1 aliphatic rings. The smallest absolute Gasteiger partial charge is 0.269 e. The largest absolute Gasteiger partial charge is 0.508 e. The van der Waals surface area contributed by atoms with Gasteiger partial charge < -0.3 is 10.2 Å². The fraction of sp³-hybridized carbons (Fsp3) is 0.0909. The molecule has 1 aliphatic heterocycles. The van der Waals surface area contributed by atoms with Crippen molar-refractivity contribution in [3.8, 4) is 11.5 Å². The Balaban J connectivity index is 1.51. The van der Waals surface area contributed by atoms with Crippen LogP contribution in [0.25, 0.3) is 0 Å². The summed E-state index contributed by atoms with van der Waals surface area (Å²) in [6, 6.07) is 14.4. The monoisotopic (exact) mass is 432 g/mol. The minimum absolute atomic E-state index is 0.0314. The molecule has 10 nitrogen and oxygen atoms in total. The van der Waals surface area contributed by atoms with Crippen molar-refractivity contribution in [1.82, 2.24) is 4.90 Å². The normalized spacial score (nSPS) is 13.1. The van der Waals surface area contributed by atoms with E-state index in [0.717, 1.165) is 11.0 Å². The van der Waals surface area contributed by atoms with Crippen molar-refractivity contribution in [2.75, 3.05) is 6.54 Å². The summed E-state index contributed by atoms with van der Waals surface area (Å²) in [5, 5.41) is 38.8. The fourth-order valence-corrected chi connectivity index (χ4v) is 3.32. The lowest BCUT2D eigenvalue weighted by Crippen LogP contribution is -2.31. The minimum Gasteiger partial charge on any atom is -0.508 e. The molecule has 0 bridgehead atoms. The molecular weight excluding hydrogens is 416 g/mol. The number of carbonyl (C=O) groups is 2. The molecular formula is C22H16N4O6. The van der Waals surface area contributed by atoms with Crippen molar-refractivity contribution >= 4 is 28.9 Å². The summed E-state index contributed by atoms with van der Waals surface area (Å²) in [4.78, 5) is 36.3. The third kappa shape index (κ3) is 3.88. The second kappa shape index (κ2) is 8.26. The van der Waals surface area contributed by atoms with Gasteiger partial charge in [-0.3, -0.25) is 24.6 Å². The van der Waals surface area contributed by atoms with E-state index in [1.807, 2.05) is 0 Å². The van der Waals surface area contributed by atoms with Crippen molar-refractivity contribution in [3.63, 3.8) is 0 Å². The van der Waals surface area contributed by atoms with E-state index in [4.69, 9.17) is 0 Å². The van der Waals surface area contributed by atoms with Gasteiger partial charge in [0.1, 0.15) is 17.2 Å². The van der Waals surface area contributed by atoms with Gasteiger partial charge in [-0.25, -0.2) is 0 Å². The fourth-order valence-electron chi connectivity index (χ4n) is 3.32. The number of amides is 2. The predicted octanol–water partition coefficient (Wildman–Crippen LogP) is 4.26. The number of rotatable bonds is 6. The number of fused-ring (bicyclic) bond motifs is 1. The first kappa shape index (κ1) is 20.7. The second-order valence-electron chi connectivity index (χ2n) is 7.00. The molecule has 2 N–H and O–H groups in total. The van der Waals surface area contributed by atoms with Crippen LogP contribution in [0.4, 0.5) is 17.1 Å². The van der Waals surface area contributed by atoms with Gasteiger partial charge >= 0.3 is 0 Å². The summed E-state index contributed by atoms with van der Waals surface area (Å²) in [5.74, 6) is -1.34. The highest BCUT2D eigenvalue weighted by molar-refractivity contribution is 6.21. The maximum absolute atomic E-state index is 12.5. The molecule has 0 radical (unpaired) electrons. The van der Waals surface area contributed by atoms with Crippen molar-refractivity contribution in [1.29, 1.82) is 0 Å². The first-order valence-corrected chi connectivity index (χ1v) is 9.51. The van der Waals surface area contributed by atoms with Crippen LogP contribution < -0.4 is 0 Å². The van der Waals surface area contributed by atoms with Gasteiger partial charge in [0.25, 0.3) is 17.5 Å². The van der Waals surface area contributed by atoms with E-state index < -0.39 is 16.7 Å². The number of hydrogen-bond acceptors (Lipinski definition) is 8. The lowest BCUT2D eigenvalue weighted by atomic mass is 10.1. The zero-order valence-electron chi connectivity index (χ0n) is 16.5. The number of phenolic OH excluding ortho intramolecular Hbond substituents is 2. The molecule has 160 valence electrons. The first-order chi connectivity index (χ1) is 15.3. The van der Waals surface area contributed by atoms with Crippen LogP contribution in [0.1, 0.15) is 26.3 Å². The summed E-state index contributed by atoms with van der Waals surface area (Å²) in [5.41, 5.74) is 1.33. The SMILES string of the molecule is O=C1c2ccccc2C(=O)N1CCc1cc(N=Nc2ccc([N+](=O)[O-])cc2)c(O)cc1O. The van der Waals surface area contributed by atoms with Gasteiger partial charge in [0.15, 0.2) is 0 Å². The highest BCUT2D eigenvalue weighted by Crippen LogP contribution is 2.35. The molecule has 0 saturated carbocycles. The van der Waals surface area contributed by atoms with Crippen molar-refractivity contribution in [2.24, 2.45) is 10.2 Å². The summed E-state index contributed by atoms with van der Waals surface area (Å²) in [6.45, 7) is 0.0314. The van der Waals surface area contributed by atoms with Gasteiger partial charge in [0, 0.05) is 24.7 Å². The number of carbonyl (C=O) groups excluding carboxylic acids is 2. The minimum atomic E-state index is -0.534. The van der Waals surface area contributed by atoms with Crippen LogP contribution in [0, 0.1) is 10.1 Å². The topological polar surface area (TPSA) is 146 Å². The molecule has 0 atom stereocenters. The number of azo groups is 1. The molecule has 0 aromatic heterocycles. The van der Waals surface area contributed by atoms with Crippen LogP contribution in [-0.4, -0.2) is 38.4 Å². The van der Waals surface area contributed by atoms with E-state index in [1.54, 1.807) is 24.3 Å². The lowest BCUT2D eigenvalue weighted by molar-refractivity contribution is -0.384. The Morgan fingerprint density at radius 3 is 2.09 bits per heavy atom. The highest BCUT2D eigenvalue weighted by atomic mass is 16.6. The summed E-state index contributed by atoms with van der Waals surface area (Å²) < 4.78 is 0. The molecule has 2 amide bonds. The van der Waals surface area contributed by atoms with E-state index >= 15 is 0 Å². The number of nitro groups is 1. The van der Waals surface area contributed by atoms with Gasteiger partial charge in [-0.1, -0.05) is 12.1 Å². The highest BCUT2D eigenvalue weighted by Gasteiger charge is 2.34. The number of hydrogen-bond donors (Lipinski definition) is 2. The average molecular weight is 432 g/mol. The quantitative estimate of drug-likeness (QED) is 0.258. The number of benzene rings is 3. The number of imide groups is 1. The van der Waals surface area contributed by atoms with E-state index in [2.05, 4.69) is 10.2 Å². The van der Waals surface area contributed by atoms with Gasteiger partial charge in [-0.2, -0.15) is 5.11 Å². The zero-order valence-corrected chi connectivity index (χ0v) is 16.5. The lowest BCUT2D eigenvalue weighted by Gasteiger charge is -2.14. The molecule has 10 heteroatoms. The number of nitrogens with zero attached hydrogens (tertiary/aromatic N) is 4. The number of aromatic hydroxyl groups is 2. The standard InChI is InChI=1S/C22H16N4O6/c27-19-12-20(28)18(24-23-14-5-7-15(8-6-14)26(31)32)11-13(19)9-10-25-21(29)16-3-1-2-4-17(16)22(25)30/h1-8,11-12,27-28H,9-10H2. The third-order valence-electron chi connectivity index (χ3n) is 4.99. The predicted molar refractivity (Wildman–Crippen MR) is 113 cm³/mol. The van der Waals surface area contributed by atoms with Gasteiger partial charge in [0.05, 0.1) is 21.7 Å². The van der Waals surface area contributed by atoms with E-state index in [9.17, 15) is 29.9 Å². The van der Waals surface area contributed by atoms with Crippen molar-refractivity contribution < 1.29 is 24.7 Å².